The second kappa shape index (κ2) is 5.12. The van der Waals surface area contributed by atoms with E-state index < -0.39 is 0 Å². The third-order valence-corrected chi connectivity index (χ3v) is 4.47. The zero-order valence-electron chi connectivity index (χ0n) is 10.8. The second-order valence-corrected chi connectivity index (χ2v) is 5.63. The molecule has 0 aromatic rings. The van der Waals surface area contributed by atoms with E-state index in [1.54, 1.807) is 7.11 Å². The van der Waals surface area contributed by atoms with Crippen molar-refractivity contribution in [1.29, 1.82) is 0 Å². The second-order valence-electron chi connectivity index (χ2n) is 5.63. The first-order valence-electron chi connectivity index (χ1n) is 6.01. The minimum atomic E-state index is -0.127. The van der Waals surface area contributed by atoms with Crippen molar-refractivity contribution < 1.29 is 9.53 Å². The zero-order chi connectivity index (χ0) is 11.9. The molecular weight excluding hydrogens is 240 g/mol. The minimum Gasteiger partial charge on any atom is -0.380 e. The monoisotopic (exact) mass is 262 g/mol. The van der Waals surface area contributed by atoms with Crippen LogP contribution in [0.5, 0.6) is 0 Å². The molecule has 2 rings (SSSR count). The summed E-state index contributed by atoms with van der Waals surface area (Å²) in [6.07, 6.45) is 0.296. The highest BCUT2D eigenvalue weighted by Crippen LogP contribution is 2.61. The number of carbonyl (C=O) groups excluding carboxylic acids is 1. The van der Waals surface area contributed by atoms with Gasteiger partial charge < -0.3 is 15.4 Å². The van der Waals surface area contributed by atoms with Crippen molar-refractivity contribution in [3.63, 3.8) is 0 Å². The average molecular weight is 263 g/mol. The van der Waals surface area contributed by atoms with E-state index in [4.69, 9.17) is 10.5 Å². The Morgan fingerprint density at radius 1 is 1.47 bits per heavy atom. The number of fused-ring (bicyclic) bond motifs is 1. The van der Waals surface area contributed by atoms with Crippen LogP contribution in [0.4, 0.5) is 0 Å². The Morgan fingerprint density at radius 2 is 2.00 bits per heavy atom. The first-order chi connectivity index (χ1) is 7.50. The number of amides is 1. The van der Waals surface area contributed by atoms with Crippen molar-refractivity contribution in [3.8, 4) is 0 Å². The van der Waals surface area contributed by atoms with Crippen molar-refractivity contribution in [2.75, 3.05) is 26.7 Å². The highest BCUT2D eigenvalue weighted by atomic mass is 35.5. The number of hydrogen-bond acceptors (Lipinski definition) is 3. The summed E-state index contributed by atoms with van der Waals surface area (Å²) < 4.78 is 5.14. The lowest BCUT2D eigenvalue weighted by atomic mass is 10.1. The molecule has 0 radical (unpaired) electrons. The molecule has 17 heavy (non-hydrogen) atoms. The van der Waals surface area contributed by atoms with Crippen LogP contribution in [0.15, 0.2) is 0 Å². The smallest absolute Gasteiger partial charge is 0.225 e. The van der Waals surface area contributed by atoms with Gasteiger partial charge >= 0.3 is 0 Å². The fraction of sp³-hybridized carbons (Fsp3) is 0.917. The van der Waals surface area contributed by atoms with E-state index in [9.17, 15) is 4.79 Å². The predicted octanol–water partition coefficient (Wildman–Crippen LogP) is 0.886. The third-order valence-electron chi connectivity index (χ3n) is 4.47. The van der Waals surface area contributed by atoms with Gasteiger partial charge in [-0.2, -0.15) is 0 Å². The number of nitrogens with zero attached hydrogens (tertiary/aromatic N) is 1. The van der Waals surface area contributed by atoms with Crippen molar-refractivity contribution in [2.45, 2.75) is 26.4 Å². The Bertz CT molecular complexity index is 278. The van der Waals surface area contributed by atoms with E-state index in [1.807, 2.05) is 4.90 Å². The van der Waals surface area contributed by atoms with Crippen LogP contribution in [-0.2, 0) is 9.53 Å². The maximum atomic E-state index is 11.9. The molecule has 3 unspecified atom stereocenters. The quantitative estimate of drug-likeness (QED) is 0.819. The molecule has 1 heterocycles. The van der Waals surface area contributed by atoms with Gasteiger partial charge in [0.25, 0.3) is 0 Å². The summed E-state index contributed by atoms with van der Waals surface area (Å²) >= 11 is 0. The van der Waals surface area contributed by atoms with Gasteiger partial charge in [-0.25, -0.2) is 0 Å². The first kappa shape index (κ1) is 14.7. The normalized spacial score (nSPS) is 30.5. The summed E-state index contributed by atoms with van der Waals surface area (Å²) in [6, 6.07) is 0. The van der Waals surface area contributed by atoms with Crippen molar-refractivity contribution in [3.05, 3.63) is 0 Å². The Hall–Kier alpha value is -0.320. The van der Waals surface area contributed by atoms with E-state index in [1.165, 1.54) is 0 Å². The number of methoxy groups -OCH3 is 1. The Kier molecular flexibility index (Phi) is 4.44. The molecule has 2 aliphatic rings. The lowest BCUT2D eigenvalue weighted by Crippen LogP contribution is -2.37. The van der Waals surface area contributed by atoms with Gasteiger partial charge in [0.2, 0.25) is 5.91 Å². The SMILES string of the molecule is COC(CN)CC(=O)N1CC2C(C1)C2(C)C.Cl. The van der Waals surface area contributed by atoms with E-state index in [0.717, 1.165) is 24.9 Å². The van der Waals surface area contributed by atoms with E-state index in [0.29, 0.717) is 18.4 Å². The molecule has 1 amide bonds. The Morgan fingerprint density at radius 3 is 2.41 bits per heavy atom. The van der Waals surface area contributed by atoms with Gasteiger partial charge in [-0.05, 0) is 17.3 Å². The van der Waals surface area contributed by atoms with E-state index in [2.05, 4.69) is 13.8 Å². The number of carbonyl (C=O) groups is 1. The molecule has 0 aromatic carbocycles. The highest BCUT2D eigenvalue weighted by molar-refractivity contribution is 5.85. The first-order valence-corrected chi connectivity index (χ1v) is 6.01. The summed E-state index contributed by atoms with van der Waals surface area (Å²) in [5.41, 5.74) is 5.98. The topological polar surface area (TPSA) is 55.6 Å². The zero-order valence-corrected chi connectivity index (χ0v) is 11.6. The van der Waals surface area contributed by atoms with Crippen molar-refractivity contribution >= 4 is 18.3 Å². The molecule has 2 fully saturated rings. The van der Waals surface area contributed by atoms with E-state index in [-0.39, 0.29) is 24.4 Å². The summed E-state index contributed by atoms with van der Waals surface area (Å²) in [5, 5.41) is 0. The van der Waals surface area contributed by atoms with E-state index >= 15 is 0 Å². The molecular formula is C12H23ClN2O2. The molecule has 0 spiro atoms. The van der Waals surface area contributed by atoms with Crippen LogP contribution in [0.1, 0.15) is 20.3 Å². The van der Waals surface area contributed by atoms with Gasteiger partial charge in [-0.3, -0.25) is 4.79 Å². The lowest BCUT2D eigenvalue weighted by molar-refractivity contribution is -0.133. The molecule has 1 aliphatic carbocycles. The lowest BCUT2D eigenvalue weighted by Gasteiger charge is -2.23. The minimum absolute atomic E-state index is 0. The number of nitrogens with two attached hydrogens (primary N) is 1. The molecule has 2 N–H and O–H groups in total. The average Bonchev–Trinajstić information content (AvgIpc) is 2.70. The fourth-order valence-electron chi connectivity index (χ4n) is 2.92. The molecule has 4 nitrogen and oxygen atoms in total. The van der Waals surface area contributed by atoms with Gasteiger partial charge in [-0.15, -0.1) is 12.4 Å². The number of hydrogen-bond donors (Lipinski definition) is 1. The summed E-state index contributed by atoms with van der Waals surface area (Å²) in [5.74, 6) is 1.63. The van der Waals surface area contributed by atoms with Crippen molar-refractivity contribution in [1.82, 2.24) is 4.90 Å². The molecule has 0 aromatic heterocycles. The molecule has 100 valence electrons. The summed E-state index contributed by atoms with van der Waals surface area (Å²) in [7, 11) is 1.61. The van der Waals surface area contributed by atoms with Crippen LogP contribution >= 0.6 is 12.4 Å². The fourth-order valence-corrected chi connectivity index (χ4v) is 2.92. The van der Waals surface area contributed by atoms with Gasteiger partial charge in [0, 0.05) is 26.7 Å². The van der Waals surface area contributed by atoms with Crippen LogP contribution in [0.3, 0.4) is 0 Å². The highest BCUT2D eigenvalue weighted by Gasteiger charge is 2.62. The standard InChI is InChI=1S/C12H22N2O2.ClH/c1-12(2)9-6-14(7-10(9)12)11(15)4-8(5-13)16-3;/h8-10H,4-7,13H2,1-3H3;1H. The van der Waals surface area contributed by atoms with Crippen LogP contribution in [0.2, 0.25) is 0 Å². The summed E-state index contributed by atoms with van der Waals surface area (Å²) in [4.78, 5) is 13.9. The number of likely N-dealkylation sites (tertiary alicyclic amines) is 1. The maximum absolute atomic E-state index is 11.9. The van der Waals surface area contributed by atoms with Gasteiger partial charge in [0.15, 0.2) is 0 Å². The molecule has 5 heteroatoms. The Labute approximate surface area is 109 Å². The Balaban J connectivity index is 0.00000144. The molecule has 0 bridgehead atoms. The third kappa shape index (κ3) is 2.59. The molecule has 1 saturated heterocycles. The van der Waals surface area contributed by atoms with Gasteiger partial charge in [-0.1, -0.05) is 13.8 Å². The predicted molar refractivity (Wildman–Crippen MR) is 69.1 cm³/mol. The van der Waals surface area contributed by atoms with Crippen LogP contribution in [0.25, 0.3) is 0 Å². The van der Waals surface area contributed by atoms with Crippen LogP contribution in [-0.4, -0.2) is 43.7 Å². The van der Waals surface area contributed by atoms with Crippen LogP contribution in [0, 0.1) is 17.3 Å². The number of halogens is 1. The number of rotatable bonds is 4. The number of piperidine rings is 1. The number of ether oxygens (including phenoxy) is 1. The van der Waals surface area contributed by atoms with Crippen molar-refractivity contribution in [2.24, 2.45) is 23.0 Å². The van der Waals surface area contributed by atoms with Crippen LogP contribution < -0.4 is 5.73 Å². The van der Waals surface area contributed by atoms with Gasteiger partial charge in [0.05, 0.1) is 12.5 Å². The largest absolute Gasteiger partial charge is 0.380 e. The molecule has 1 saturated carbocycles. The molecule has 1 aliphatic heterocycles. The van der Waals surface area contributed by atoms with Gasteiger partial charge in [0.1, 0.15) is 0 Å². The maximum Gasteiger partial charge on any atom is 0.225 e. The molecule has 3 atom stereocenters. The summed E-state index contributed by atoms with van der Waals surface area (Å²) in [6.45, 7) is 6.85.